The van der Waals surface area contributed by atoms with E-state index in [4.69, 9.17) is 4.42 Å². The summed E-state index contributed by atoms with van der Waals surface area (Å²) in [6.07, 6.45) is 6.42. The van der Waals surface area contributed by atoms with Crippen molar-refractivity contribution in [3.05, 3.63) is 78.3 Å². The van der Waals surface area contributed by atoms with Gasteiger partial charge in [0.15, 0.2) is 5.76 Å². The molecule has 2 amide bonds. The lowest BCUT2D eigenvalue weighted by molar-refractivity contribution is -0.117. The Morgan fingerprint density at radius 3 is 2.57 bits per heavy atom. The van der Waals surface area contributed by atoms with E-state index in [1.54, 1.807) is 23.1 Å². The molecule has 0 spiro atoms. The van der Waals surface area contributed by atoms with Crippen molar-refractivity contribution < 1.29 is 14.0 Å². The second-order valence-electron chi connectivity index (χ2n) is 6.95. The number of hydrogen-bond acceptors (Lipinski definition) is 3. The number of carbonyl (C=O) groups excluding carboxylic acids is 2. The highest BCUT2D eigenvalue weighted by Crippen LogP contribution is 2.19. The quantitative estimate of drug-likeness (QED) is 0.705. The van der Waals surface area contributed by atoms with Gasteiger partial charge in [0.25, 0.3) is 5.91 Å². The molecule has 0 saturated carbocycles. The predicted octanol–water partition coefficient (Wildman–Crippen LogP) is 3.87. The highest BCUT2D eigenvalue weighted by atomic mass is 16.3. The molecule has 0 bridgehead atoms. The number of furan rings is 1. The van der Waals surface area contributed by atoms with Crippen molar-refractivity contribution in [1.29, 1.82) is 0 Å². The molecule has 28 heavy (non-hydrogen) atoms. The molecule has 2 heterocycles. The highest BCUT2D eigenvalue weighted by molar-refractivity contribution is 5.97. The van der Waals surface area contributed by atoms with Crippen molar-refractivity contribution in [3.8, 4) is 0 Å². The fraction of sp³-hybridized carbons (Fsp3) is 0.217. The molecule has 142 valence electrons. The molecule has 0 atom stereocenters. The van der Waals surface area contributed by atoms with E-state index in [1.165, 1.54) is 6.26 Å². The van der Waals surface area contributed by atoms with Crippen LogP contribution < -0.4 is 5.32 Å². The normalized spacial score (nSPS) is 15.2. The van der Waals surface area contributed by atoms with E-state index in [0.717, 1.165) is 29.2 Å². The van der Waals surface area contributed by atoms with Gasteiger partial charge >= 0.3 is 0 Å². The Morgan fingerprint density at radius 1 is 1.00 bits per heavy atom. The smallest absolute Gasteiger partial charge is 0.289 e. The lowest BCUT2D eigenvalue weighted by Crippen LogP contribution is -2.46. The molecule has 1 aromatic heterocycles. The molecule has 4 rings (SSSR count). The third-order valence-electron chi connectivity index (χ3n) is 5.10. The van der Waals surface area contributed by atoms with Crippen molar-refractivity contribution in [2.75, 3.05) is 13.1 Å². The average molecular weight is 374 g/mol. The number of nitrogens with zero attached hydrogens (tertiary/aromatic N) is 1. The van der Waals surface area contributed by atoms with Crippen LogP contribution in [0.25, 0.3) is 16.8 Å². The second-order valence-corrected chi connectivity index (χ2v) is 6.95. The molecule has 1 aliphatic heterocycles. The van der Waals surface area contributed by atoms with Gasteiger partial charge in [0.1, 0.15) is 0 Å². The lowest BCUT2D eigenvalue weighted by Gasteiger charge is -2.31. The van der Waals surface area contributed by atoms with Crippen LogP contribution in [0.15, 0.2) is 71.4 Å². The summed E-state index contributed by atoms with van der Waals surface area (Å²) in [5.74, 6) is 0.162. The van der Waals surface area contributed by atoms with Gasteiger partial charge in [-0.25, -0.2) is 0 Å². The number of benzene rings is 2. The predicted molar refractivity (Wildman–Crippen MR) is 109 cm³/mol. The van der Waals surface area contributed by atoms with Crippen LogP contribution in [-0.4, -0.2) is 35.8 Å². The Kier molecular flexibility index (Phi) is 5.24. The minimum Gasteiger partial charge on any atom is -0.459 e. The zero-order valence-corrected chi connectivity index (χ0v) is 15.5. The Bertz CT molecular complexity index is 994. The molecule has 3 aromatic rings. The van der Waals surface area contributed by atoms with Crippen molar-refractivity contribution in [2.45, 2.75) is 18.9 Å². The van der Waals surface area contributed by atoms with Crippen LogP contribution in [0.2, 0.25) is 0 Å². The molecular formula is C23H22N2O3. The third-order valence-corrected chi connectivity index (χ3v) is 5.10. The van der Waals surface area contributed by atoms with E-state index in [9.17, 15) is 9.59 Å². The minimum absolute atomic E-state index is 0.0744. The van der Waals surface area contributed by atoms with Gasteiger partial charge in [-0.1, -0.05) is 42.5 Å². The topological polar surface area (TPSA) is 62.6 Å². The SMILES string of the molecule is O=C(/C=C/c1cccc2ccccc12)NC1CCN(C(=O)c2ccco2)CC1. The van der Waals surface area contributed by atoms with Crippen LogP contribution in [0, 0.1) is 0 Å². The van der Waals surface area contributed by atoms with Crippen LogP contribution >= 0.6 is 0 Å². The number of rotatable bonds is 4. The first kappa shape index (κ1) is 18.0. The molecular weight excluding hydrogens is 352 g/mol. The number of nitrogens with one attached hydrogen (secondary N) is 1. The van der Waals surface area contributed by atoms with Crippen LogP contribution in [-0.2, 0) is 4.79 Å². The number of carbonyl (C=O) groups is 2. The van der Waals surface area contributed by atoms with Crippen molar-refractivity contribution in [3.63, 3.8) is 0 Å². The number of likely N-dealkylation sites (tertiary alicyclic amines) is 1. The zero-order chi connectivity index (χ0) is 19.3. The minimum atomic E-state index is -0.108. The number of hydrogen-bond donors (Lipinski definition) is 1. The maximum Gasteiger partial charge on any atom is 0.289 e. The van der Waals surface area contributed by atoms with E-state index in [2.05, 4.69) is 23.5 Å². The highest BCUT2D eigenvalue weighted by Gasteiger charge is 2.25. The summed E-state index contributed by atoms with van der Waals surface area (Å²) in [6, 6.07) is 17.6. The van der Waals surface area contributed by atoms with Crippen molar-refractivity contribution in [1.82, 2.24) is 10.2 Å². The summed E-state index contributed by atoms with van der Waals surface area (Å²) in [5.41, 5.74) is 1.02. The maximum atomic E-state index is 12.3. The van der Waals surface area contributed by atoms with E-state index >= 15 is 0 Å². The third kappa shape index (κ3) is 3.98. The largest absolute Gasteiger partial charge is 0.459 e. The first-order valence-corrected chi connectivity index (χ1v) is 9.50. The van der Waals surface area contributed by atoms with Gasteiger partial charge < -0.3 is 14.6 Å². The molecule has 0 radical (unpaired) electrons. The standard InChI is InChI=1S/C23H22N2O3/c26-22(11-10-18-7-3-6-17-5-1-2-8-20(17)18)24-19-12-14-25(15-13-19)23(27)21-9-4-16-28-21/h1-11,16,19H,12-15H2,(H,24,26)/b11-10+. The first-order valence-electron chi connectivity index (χ1n) is 9.50. The molecule has 2 aromatic carbocycles. The zero-order valence-electron chi connectivity index (χ0n) is 15.5. The van der Waals surface area contributed by atoms with E-state index < -0.39 is 0 Å². The summed E-state index contributed by atoms with van der Waals surface area (Å²) in [7, 11) is 0. The first-order chi connectivity index (χ1) is 13.7. The summed E-state index contributed by atoms with van der Waals surface area (Å²) in [6.45, 7) is 1.22. The van der Waals surface area contributed by atoms with Gasteiger partial charge in [0.05, 0.1) is 6.26 Å². The van der Waals surface area contributed by atoms with E-state index in [0.29, 0.717) is 18.8 Å². The molecule has 0 aliphatic carbocycles. The molecule has 1 aliphatic rings. The Labute approximate surface area is 163 Å². The summed E-state index contributed by atoms with van der Waals surface area (Å²) in [4.78, 5) is 26.4. The van der Waals surface area contributed by atoms with Gasteiger partial charge in [-0.15, -0.1) is 0 Å². The molecule has 1 N–H and O–H groups in total. The van der Waals surface area contributed by atoms with Gasteiger partial charge in [-0.3, -0.25) is 9.59 Å². The second kappa shape index (κ2) is 8.13. The van der Waals surface area contributed by atoms with Crippen LogP contribution in [0.3, 0.4) is 0 Å². The Hall–Kier alpha value is -3.34. The molecule has 1 saturated heterocycles. The number of amides is 2. The summed E-state index contributed by atoms with van der Waals surface area (Å²) >= 11 is 0. The molecule has 5 nitrogen and oxygen atoms in total. The Balaban J connectivity index is 1.32. The average Bonchev–Trinajstić information content (AvgIpc) is 3.27. The van der Waals surface area contributed by atoms with Crippen molar-refractivity contribution >= 4 is 28.7 Å². The number of fused-ring (bicyclic) bond motifs is 1. The van der Waals surface area contributed by atoms with Gasteiger partial charge in [0.2, 0.25) is 5.91 Å². The monoisotopic (exact) mass is 374 g/mol. The van der Waals surface area contributed by atoms with Gasteiger partial charge in [-0.05, 0) is 47.4 Å². The summed E-state index contributed by atoms with van der Waals surface area (Å²) < 4.78 is 5.17. The fourth-order valence-electron chi connectivity index (χ4n) is 3.59. The van der Waals surface area contributed by atoms with Crippen LogP contribution in [0.1, 0.15) is 29.0 Å². The molecule has 1 fully saturated rings. The molecule has 5 heteroatoms. The van der Waals surface area contributed by atoms with E-state index in [1.807, 2.05) is 30.3 Å². The lowest BCUT2D eigenvalue weighted by atomic mass is 10.0. The Morgan fingerprint density at radius 2 is 1.79 bits per heavy atom. The maximum absolute atomic E-state index is 12.3. The van der Waals surface area contributed by atoms with E-state index in [-0.39, 0.29) is 17.9 Å². The summed E-state index contributed by atoms with van der Waals surface area (Å²) in [5, 5.41) is 5.32. The van der Waals surface area contributed by atoms with Gasteiger partial charge in [0, 0.05) is 25.2 Å². The van der Waals surface area contributed by atoms with Crippen LogP contribution in [0.4, 0.5) is 0 Å². The fourth-order valence-corrected chi connectivity index (χ4v) is 3.59. The number of piperidine rings is 1. The van der Waals surface area contributed by atoms with Crippen molar-refractivity contribution in [2.24, 2.45) is 0 Å². The van der Waals surface area contributed by atoms with Gasteiger partial charge in [-0.2, -0.15) is 0 Å². The molecule has 0 unspecified atom stereocenters. The van der Waals surface area contributed by atoms with Crippen LogP contribution in [0.5, 0.6) is 0 Å².